The van der Waals surface area contributed by atoms with Crippen LogP contribution in [-0.4, -0.2) is 25.3 Å². The molecule has 0 radical (unpaired) electrons. The number of benzene rings is 1. The fraction of sp³-hybridized carbons (Fsp3) is 0.700. The number of unbranched alkanes of at least 4 members (excludes halogenated alkanes) is 5. The third-order valence-electron chi connectivity index (χ3n) is 4.30. The van der Waals surface area contributed by atoms with Crippen LogP contribution >= 0.6 is 0 Å². The van der Waals surface area contributed by atoms with Crippen LogP contribution in [0, 0.1) is 0 Å². The van der Waals surface area contributed by atoms with Crippen molar-refractivity contribution in [3.63, 3.8) is 0 Å². The predicted molar refractivity (Wildman–Crippen MR) is 104 cm³/mol. The number of aryl methyl sites for hydroxylation is 2. The van der Waals surface area contributed by atoms with Crippen molar-refractivity contribution in [2.45, 2.75) is 78.1 Å². The van der Waals surface area contributed by atoms with Gasteiger partial charge in [-0.15, -0.1) is 0 Å². The fourth-order valence-corrected chi connectivity index (χ4v) is 3.38. The summed E-state index contributed by atoms with van der Waals surface area (Å²) < 4.78 is 36.2. The number of ether oxygens (including phenoxy) is 1. The summed E-state index contributed by atoms with van der Waals surface area (Å²) in [6, 6.07) is 6.55. The number of hydrogen-bond acceptors (Lipinski definition) is 3. The van der Waals surface area contributed by atoms with Crippen molar-refractivity contribution < 1.29 is 17.7 Å². The second-order valence-electron chi connectivity index (χ2n) is 6.70. The first-order valence-corrected chi connectivity index (χ1v) is 11.3. The quantitative estimate of drug-likeness (QED) is 0.361. The van der Waals surface area contributed by atoms with E-state index in [9.17, 15) is 8.42 Å². The maximum atomic E-state index is 10.7. The van der Waals surface area contributed by atoms with Crippen LogP contribution in [0.25, 0.3) is 0 Å². The van der Waals surface area contributed by atoms with Crippen molar-refractivity contribution in [1.29, 1.82) is 0 Å². The van der Waals surface area contributed by atoms with Crippen LogP contribution in [0.1, 0.15) is 76.3 Å². The lowest BCUT2D eigenvalue weighted by Crippen LogP contribution is -2.07. The average Bonchev–Trinajstić information content (AvgIpc) is 2.55. The van der Waals surface area contributed by atoms with Gasteiger partial charge in [0.2, 0.25) is 0 Å². The van der Waals surface area contributed by atoms with Crippen LogP contribution in [0.15, 0.2) is 18.2 Å². The summed E-state index contributed by atoms with van der Waals surface area (Å²) in [5, 5.41) is 0. The summed E-state index contributed by atoms with van der Waals surface area (Å²) >= 11 is 0. The second kappa shape index (κ2) is 12.3. The van der Waals surface area contributed by atoms with Crippen molar-refractivity contribution in [2.75, 3.05) is 12.4 Å². The Labute approximate surface area is 153 Å². The van der Waals surface area contributed by atoms with E-state index in [-0.39, 0.29) is 5.75 Å². The van der Waals surface area contributed by atoms with E-state index in [1.807, 2.05) is 0 Å². The molecule has 0 heterocycles. The minimum absolute atomic E-state index is 0.198. The molecule has 1 rings (SSSR count). The summed E-state index contributed by atoms with van der Waals surface area (Å²) in [5.41, 5.74) is 2.54. The maximum absolute atomic E-state index is 10.7. The van der Waals surface area contributed by atoms with E-state index in [1.54, 1.807) is 0 Å². The Morgan fingerprint density at radius 3 is 2.24 bits per heavy atom. The topological polar surface area (TPSA) is 63.6 Å². The molecule has 0 spiro atoms. The Balaban J connectivity index is 2.60. The Morgan fingerprint density at radius 1 is 0.920 bits per heavy atom. The van der Waals surface area contributed by atoms with Crippen LogP contribution < -0.4 is 4.74 Å². The van der Waals surface area contributed by atoms with E-state index in [0.717, 1.165) is 25.0 Å². The number of hydrogen-bond donors (Lipinski definition) is 1. The van der Waals surface area contributed by atoms with Gasteiger partial charge in [-0.1, -0.05) is 51.7 Å². The summed E-state index contributed by atoms with van der Waals surface area (Å²) in [6.45, 7) is 4.89. The molecule has 0 aliphatic heterocycles. The van der Waals surface area contributed by atoms with Crippen LogP contribution in [0.4, 0.5) is 0 Å². The molecule has 0 unspecified atom stereocenters. The zero-order valence-corrected chi connectivity index (χ0v) is 16.6. The molecule has 5 heteroatoms. The van der Waals surface area contributed by atoms with Crippen LogP contribution in [-0.2, 0) is 23.0 Å². The van der Waals surface area contributed by atoms with Crippen molar-refractivity contribution >= 4 is 10.1 Å². The first-order valence-electron chi connectivity index (χ1n) is 9.66. The van der Waals surface area contributed by atoms with Gasteiger partial charge in [-0.3, -0.25) is 4.55 Å². The molecule has 0 atom stereocenters. The molecular formula is C20H34O4S. The molecule has 0 saturated carbocycles. The van der Waals surface area contributed by atoms with E-state index in [4.69, 9.17) is 9.29 Å². The smallest absolute Gasteiger partial charge is 0.264 e. The molecule has 0 fully saturated rings. The van der Waals surface area contributed by atoms with E-state index in [0.29, 0.717) is 19.4 Å². The van der Waals surface area contributed by atoms with Crippen molar-refractivity contribution in [3.8, 4) is 5.75 Å². The molecule has 0 bridgehead atoms. The molecule has 4 nitrogen and oxygen atoms in total. The fourth-order valence-electron chi connectivity index (χ4n) is 2.81. The standard InChI is InChI=1S/C20H34O4S/c1-3-5-7-11-18-13-14-19(12-8-6-4-2)20(17-18)24-15-9-10-16-25(21,22)23/h13-14,17H,3-12,15-16H2,1-2H3,(H,21,22,23). The van der Waals surface area contributed by atoms with E-state index in [2.05, 4.69) is 32.0 Å². The van der Waals surface area contributed by atoms with Gasteiger partial charge < -0.3 is 4.74 Å². The van der Waals surface area contributed by atoms with Crippen molar-refractivity contribution in [3.05, 3.63) is 29.3 Å². The summed E-state index contributed by atoms with van der Waals surface area (Å²) in [6.07, 6.45) is 10.3. The minimum atomic E-state index is -3.87. The van der Waals surface area contributed by atoms with E-state index in [1.165, 1.54) is 43.2 Å². The summed E-state index contributed by atoms with van der Waals surface area (Å²) in [7, 11) is -3.87. The van der Waals surface area contributed by atoms with Crippen molar-refractivity contribution in [2.24, 2.45) is 0 Å². The SMILES string of the molecule is CCCCCc1ccc(CCCCC)c(OCCCCS(=O)(=O)O)c1. The van der Waals surface area contributed by atoms with Gasteiger partial charge in [0, 0.05) is 0 Å². The maximum Gasteiger partial charge on any atom is 0.264 e. The predicted octanol–water partition coefficient (Wildman–Crippen LogP) is 5.20. The van der Waals surface area contributed by atoms with Crippen molar-refractivity contribution in [1.82, 2.24) is 0 Å². The van der Waals surface area contributed by atoms with E-state index < -0.39 is 10.1 Å². The molecule has 0 saturated heterocycles. The normalized spacial score (nSPS) is 11.6. The highest BCUT2D eigenvalue weighted by atomic mass is 32.2. The van der Waals surface area contributed by atoms with Gasteiger partial charge in [0.05, 0.1) is 12.4 Å². The molecular weight excluding hydrogens is 336 g/mol. The first-order chi connectivity index (χ1) is 12.0. The average molecular weight is 371 g/mol. The van der Waals surface area contributed by atoms with Gasteiger partial charge in [0.1, 0.15) is 5.75 Å². The molecule has 0 aliphatic carbocycles. The third kappa shape index (κ3) is 10.5. The zero-order chi connectivity index (χ0) is 18.5. The highest BCUT2D eigenvalue weighted by molar-refractivity contribution is 7.85. The van der Waals surface area contributed by atoms with Crippen LogP contribution in [0.5, 0.6) is 5.75 Å². The van der Waals surface area contributed by atoms with Gasteiger partial charge in [-0.05, 0) is 55.7 Å². The molecule has 25 heavy (non-hydrogen) atoms. The molecule has 1 aromatic carbocycles. The van der Waals surface area contributed by atoms with Gasteiger partial charge in [0.15, 0.2) is 0 Å². The molecule has 0 aromatic heterocycles. The summed E-state index contributed by atoms with van der Waals surface area (Å²) in [5.74, 6) is 0.744. The Bertz CT molecular complexity index is 581. The highest BCUT2D eigenvalue weighted by Gasteiger charge is 2.07. The molecule has 1 N–H and O–H groups in total. The van der Waals surface area contributed by atoms with Gasteiger partial charge >= 0.3 is 0 Å². The lowest BCUT2D eigenvalue weighted by molar-refractivity contribution is 0.305. The van der Waals surface area contributed by atoms with Gasteiger partial charge in [-0.2, -0.15) is 8.42 Å². The highest BCUT2D eigenvalue weighted by Crippen LogP contribution is 2.24. The monoisotopic (exact) mass is 370 g/mol. The summed E-state index contributed by atoms with van der Waals surface area (Å²) in [4.78, 5) is 0. The Kier molecular flexibility index (Phi) is 10.8. The zero-order valence-electron chi connectivity index (χ0n) is 15.8. The molecule has 1 aromatic rings. The minimum Gasteiger partial charge on any atom is -0.493 e. The second-order valence-corrected chi connectivity index (χ2v) is 8.27. The molecule has 0 amide bonds. The van der Waals surface area contributed by atoms with Crippen LogP contribution in [0.3, 0.4) is 0 Å². The Morgan fingerprint density at radius 2 is 1.60 bits per heavy atom. The largest absolute Gasteiger partial charge is 0.493 e. The van der Waals surface area contributed by atoms with E-state index >= 15 is 0 Å². The first kappa shape index (κ1) is 22.0. The van der Waals surface area contributed by atoms with Gasteiger partial charge in [-0.25, -0.2) is 0 Å². The molecule has 144 valence electrons. The molecule has 0 aliphatic rings. The number of rotatable bonds is 14. The van der Waals surface area contributed by atoms with Gasteiger partial charge in [0.25, 0.3) is 10.1 Å². The lowest BCUT2D eigenvalue weighted by Gasteiger charge is -2.13. The lowest BCUT2D eigenvalue weighted by atomic mass is 10.0. The Hall–Kier alpha value is -1.07. The third-order valence-corrected chi connectivity index (χ3v) is 5.11. The van der Waals surface area contributed by atoms with Crippen LogP contribution in [0.2, 0.25) is 0 Å².